The molecule has 60 valence electrons. The molecule has 0 unspecified atom stereocenters. The van der Waals surface area contributed by atoms with Crippen LogP contribution in [0.4, 0.5) is 17.6 Å². The van der Waals surface area contributed by atoms with Gasteiger partial charge >= 0.3 is 0 Å². The van der Waals surface area contributed by atoms with Gasteiger partial charge in [0, 0.05) is 0 Å². The Morgan fingerprint density at radius 2 is 1.55 bits per heavy atom. The van der Waals surface area contributed by atoms with Crippen LogP contribution >= 0.6 is 0 Å². The van der Waals surface area contributed by atoms with E-state index in [1.54, 1.807) is 0 Å². The molecule has 1 aromatic heterocycles. The Hall–Kier alpha value is -1.13. The average Bonchev–Trinajstić information content (AvgIpc) is 1.85. The second kappa shape index (κ2) is 2.86. The van der Waals surface area contributed by atoms with E-state index in [1.807, 2.05) is 0 Å². The molecule has 0 fully saturated rings. The van der Waals surface area contributed by atoms with Crippen LogP contribution in [0.25, 0.3) is 0 Å². The average molecular weight is 165 g/mol. The highest BCUT2D eigenvalue weighted by atomic mass is 19.3. The lowest BCUT2D eigenvalue weighted by molar-refractivity contribution is 0.140. The highest BCUT2D eigenvalue weighted by Crippen LogP contribution is 2.23. The maximum absolute atomic E-state index is 12.3. The monoisotopic (exact) mass is 165 g/mol. The number of nitrogens with zero attached hydrogens (tertiary/aromatic N) is 1. The van der Waals surface area contributed by atoms with Crippen molar-refractivity contribution in [2.75, 3.05) is 0 Å². The van der Waals surface area contributed by atoms with E-state index in [9.17, 15) is 17.6 Å². The first kappa shape index (κ1) is 7.97. The van der Waals surface area contributed by atoms with Crippen LogP contribution in [0.2, 0.25) is 0 Å². The van der Waals surface area contributed by atoms with Crippen LogP contribution in [0.1, 0.15) is 12.0 Å². The number of halogens is 4. The molecule has 1 aromatic rings. The summed E-state index contributed by atoms with van der Waals surface area (Å²) < 4.78 is 48.2. The minimum absolute atomic E-state index is 0.546. The number of pyridine rings is 1. The Labute approximate surface area is 59.7 Å². The number of alkyl halides is 2. The Bertz CT molecular complexity index is 241. The van der Waals surface area contributed by atoms with Gasteiger partial charge in [0.1, 0.15) is 0 Å². The van der Waals surface area contributed by atoms with E-state index < -0.39 is 23.6 Å². The third-order valence-corrected chi connectivity index (χ3v) is 1.11. The highest BCUT2D eigenvalue weighted by molar-refractivity contribution is 5.15. The summed E-state index contributed by atoms with van der Waals surface area (Å²) in [5.74, 6) is -2.64. The van der Waals surface area contributed by atoms with Gasteiger partial charge in [0.2, 0.25) is 0 Å². The largest absolute Gasteiger partial charge is 0.269 e. The molecule has 0 aromatic carbocycles. The Morgan fingerprint density at radius 3 is 1.82 bits per heavy atom. The Kier molecular flexibility index (Phi) is 2.07. The molecule has 1 rings (SSSR count). The molecule has 0 aliphatic carbocycles. The van der Waals surface area contributed by atoms with Gasteiger partial charge in [-0.15, -0.1) is 0 Å². The zero-order chi connectivity index (χ0) is 8.43. The summed E-state index contributed by atoms with van der Waals surface area (Å²) in [6, 6.07) is 0. The SMILES string of the molecule is Fc1cncc(F)c1C(F)F. The minimum atomic E-state index is -3.14. The minimum Gasteiger partial charge on any atom is -0.259 e. The molecule has 0 atom stereocenters. The summed E-state index contributed by atoms with van der Waals surface area (Å²) in [5, 5.41) is 0. The van der Waals surface area contributed by atoms with Gasteiger partial charge in [0.15, 0.2) is 11.6 Å². The normalized spacial score (nSPS) is 10.6. The van der Waals surface area contributed by atoms with Crippen LogP contribution in [0, 0.1) is 11.6 Å². The van der Waals surface area contributed by atoms with Crippen molar-refractivity contribution in [3.05, 3.63) is 29.6 Å². The smallest absolute Gasteiger partial charge is 0.259 e. The van der Waals surface area contributed by atoms with Crippen molar-refractivity contribution in [2.45, 2.75) is 6.43 Å². The lowest BCUT2D eigenvalue weighted by Crippen LogP contribution is -1.96. The fourth-order valence-electron chi connectivity index (χ4n) is 0.630. The van der Waals surface area contributed by atoms with E-state index >= 15 is 0 Å². The van der Waals surface area contributed by atoms with E-state index in [4.69, 9.17) is 0 Å². The number of hydrogen-bond acceptors (Lipinski definition) is 1. The molecular weight excluding hydrogens is 162 g/mol. The van der Waals surface area contributed by atoms with Crippen LogP contribution in [0.3, 0.4) is 0 Å². The fraction of sp³-hybridized carbons (Fsp3) is 0.167. The zero-order valence-electron chi connectivity index (χ0n) is 5.19. The fourth-order valence-corrected chi connectivity index (χ4v) is 0.630. The third kappa shape index (κ3) is 1.47. The van der Waals surface area contributed by atoms with Crippen LogP contribution in [-0.4, -0.2) is 4.98 Å². The number of aromatic nitrogens is 1. The van der Waals surface area contributed by atoms with E-state index in [1.165, 1.54) is 0 Å². The summed E-state index contributed by atoms with van der Waals surface area (Å²) in [6.45, 7) is 0. The molecule has 0 aliphatic rings. The molecular formula is C6H3F4N. The number of rotatable bonds is 1. The second-order valence-electron chi connectivity index (χ2n) is 1.82. The quantitative estimate of drug-likeness (QED) is 0.582. The molecule has 5 heteroatoms. The topological polar surface area (TPSA) is 12.9 Å². The summed E-state index contributed by atoms with van der Waals surface area (Å²) in [5.41, 5.74) is -1.22. The van der Waals surface area contributed by atoms with Gasteiger partial charge in [0.05, 0.1) is 18.0 Å². The van der Waals surface area contributed by atoms with Gasteiger partial charge < -0.3 is 0 Å². The predicted molar refractivity (Wildman–Crippen MR) is 29.1 cm³/mol. The summed E-state index contributed by atoms with van der Waals surface area (Å²) in [6.07, 6.45) is -2.05. The Morgan fingerprint density at radius 1 is 1.09 bits per heavy atom. The Balaban J connectivity index is 3.21. The maximum Gasteiger partial charge on any atom is 0.269 e. The van der Waals surface area contributed by atoms with Crippen molar-refractivity contribution in [1.29, 1.82) is 0 Å². The van der Waals surface area contributed by atoms with Gasteiger partial charge in [-0.2, -0.15) is 0 Å². The molecule has 0 saturated heterocycles. The van der Waals surface area contributed by atoms with Crippen molar-refractivity contribution >= 4 is 0 Å². The molecule has 1 heterocycles. The molecule has 0 aliphatic heterocycles. The van der Waals surface area contributed by atoms with Crippen molar-refractivity contribution in [2.24, 2.45) is 0 Å². The molecule has 11 heavy (non-hydrogen) atoms. The van der Waals surface area contributed by atoms with Crippen LogP contribution in [0.5, 0.6) is 0 Å². The molecule has 1 nitrogen and oxygen atoms in total. The summed E-state index contributed by atoms with van der Waals surface area (Å²) >= 11 is 0. The van der Waals surface area contributed by atoms with E-state index in [0.717, 1.165) is 0 Å². The predicted octanol–water partition coefficient (Wildman–Crippen LogP) is 2.30. The first-order valence-electron chi connectivity index (χ1n) is 2.70. The first-order chi connectivity index (χ1) is 5.13. The van der Waals surface area contributed by atoms with Crippen LogP contribution < -0.4 is 0 Å². The van der Waals surface area contributed by atoms with Gasteiger partial charge in [-0.3, -0.25) is 4.98 Å². The van der Waals surface area contributed by atoms with Crippen LogP contribution in [-0.2, 0) is 0 Å². The molecule has 0 radical (unpaired) electrons. The second-order valence-corrected chi connectivity index (χ2v) is 1.82. The van der Waals surface area contributed by atoms with Crippen molar-refractivity contribution in [3.63, 3.8) is 0 Å². The summed E-state index contributed by atoms with van der Waals surface area (Å²) in [4.78, 5) is 3.04. The lowest BCUT2D eigenvalue weighted by atomic mass is 10.2. The van der Waals surface area contributed by atoms with Crippen LogP contribution in [0.15, 0.2) is 12.4 Å². The molecule has 0 saturated carbocycles. The van der Waals surface area contributed by atoms with E-state index in [0.29, 0.717) is 12.4 Å². The highest BCUT2D eigenvalue weighted by Gasteiger charge is 2.18. The van der Waals surface area contributed by atoms with Gasteiger partial charge in [-0.1, -0.05) is 0 Å². The molecule has 0 N–H and O–H groups in total. The van der Waals surface area contributed by atoms with Crippen molar-refractivity contribution in [1.82, 2.24) is 4.98 Å². The standard InChI is InChI=1S/C6H3F4N/c7-3-1-11-2-4(8)5(3)6(9)10/h1-2,6H. The van der Waals surface area contributed by atoms with Crippen molar-refractivity contribution < 1.29 is 17.6 Å². The zero-order valence-corrected chi connectivity index (χ0v) is 5.19. The lowest BCUT2D eigenvalue weighted by Gasteiger charge is -2.00. The first-order valence-corrected chi connectivity index (χ1v) is 2.70. The molecule has 0 amide bonds. The van der Waals surface area contributed by atoms with Gasteiger partial charge in [-0.25, -0.2) is 17.6 Å². The maximum atomic E-state index is 12.3. The third-order valence-electron chi connectivity index (χ3n) is 1.11. The van der Waals surface area contributed by atoms with E-state index in [2.05, 4.69) is 4.98 Å². The van der Waals surface area contributed by atoms with Gasteiger partial charge in [0.25, 0.3) is 6.43 Å². The van der Waals surface area contributed by atoms with Crippen molar-refractivity contribution in [3.8, 4) is 0 Å². The molecule has 0 spiro atoms. The number of hydrogen-bond donors (Lipinski definition) is 0. The van der Waals surface area contributed by atoms with Gasteiger partial charge in [-0.05, 0) is 0 Å². The summed E-state index contributed by atoms with van der Waals surface area (Å²) in [7, 11) is 0. The van der Waals surface area contributed by atoms with E-state index in [-0.39, 0.29) is 0 Å². The molecule has 0 bridgehead atoms.